The van der Waals surface area contributed by atoms with Gasteiger partial charge in [0.2, 0.25) is 0 Å². The molecular weight excluding hydrogens is 312 g/mol. The number of aromatic nitrogens is 3. The van der Waals surface area contributed by atoms with Crippen LogP contribution in [0.25, 0.3) is 0 Å². The van der Waals surface area contributed by atoms with Crippen LogP contribution in [-0.2, 0) is 0 Å². The normalized spacial score (nSPS) is 15.3. The molecule has 0 aromatic carbocycles. The fourth-order valence-electron chi connectivity index (χ4n) is 2.83. The first-order chi connectivity index (χ1) is 11.2. The third kappa shape index (κ3) is 3.35. The Morgan fingerprint density at radius 1 is 1.30 bits per heavy atom. The van der Waals surface area contributed by atoms with Crippen molar-refractivity contribution in [3.05, 3.63) is 41.4 Å². The molecule has 0 bridgehead atoms. The van der Waals surface area contributed by atoms with E-state index in [1.165, 1.54) is 0 Å². The van der Waals surface area contributed by atoms with Crippen molar-refractivity contribution in [3.63, 3.8) is 0 Å². The van der Waals surface area contributed by atoms with Crippen LogP contribution in [0.5, 0.6) is 0 Å². The highest BCUT2D eigenvalue weighted by Gasteiger charge is 2.24. The Hall–Kier alpha value is -2.39. The van der Waals surface area contributed by atoms with Gasteiger partial charge < -0.3 is 9.80 Å². The van der Waals surface area contributed by atoms with E-state index in [9.17, 15) is 0 Å². The van der Waals surface area contributed by atoms with E-state index in [1.54, 1.807) is 24.7 Å². The van der Waals surface area contributed by atoms with Crippen molar-refractivity contribution in [3.8, 4) is 6.07 Å². The summed E-state index contributed by atoms with van der Waals surface area (Å²) in [6.45, 7) is 1.85. The molecule has 0 spiro atoms. The van der Waals surface area contributed by atoms with E-state index in [-0.39, 0.29) is 5.69 Å². The molecule has 0 amide bonds. The molecule has 0 saturated carbocycles. The van der Waals surface area contributed by atoms with Gasteiger partial charge in [0.25, 0.3) is 0 Å². The van der Waals surface area contributed by atoms with Crippen molar-refractivity contribution in [1.29, 1.82) is 5.26 Å². The summed E-state index contributed by atoms with van der Waals surface area (Å²) in [6, 6.07) is 6.00. The average molecular weight is 329 g/mol. The van der Waals surface area contributed by atoms with Gasteiger partial charge in [0.05, 0.1) is 11.2 Å². The van der Waals surface area contributed by atoms with Crippen LogP contribution < -0.4 is 9.80 Å². The van der Waals surface area contributed by atoms with Crippen LogP contribution in [0.15, 0.2) is 30.7 Å². The van der Waals surface area contributed by atoms with E-state index in [1.807, 2.05) is 19.2 Å². The van der Waals surface area contributed by atoms with Crippen LogP contribution >= 0.6 is 11.6 Å². The summed E-state index contributed by atoms with van der Waals surface area (Å²) in [4.78, 5) is 17.2. The molecule has 3 rings (SSSR count). The molecule has 0 unspecified atom stereocenters. The van der Waals surface area contributed by atoms with Gasteiger partial charge in [-0.3, -0.25) is 4.98 Å². The predicted molar refractivity (Wildman–Crippen MR) is 89.6 cm³/mol. The molecule has 0 atom stereocenters. The monoisotopic (exact) mass is 328 g/mol. The van der Waals surface area contributed by atoms with E-state index >= 15 is 0 Å². The standard InChI is InChI=1S/C16H17ClN6/c1-22(15-3-2-13(17)14(10-18)21-15)12-4-8-23(9-5-12)16-11-19-6-7-20-16/h2-3,6-7,11-12H,4-5,8-9H2,1H3. The highest BCUT2D eigenvalue weighted by molar-refractivity contribution is 6.31. The lowest BCUT2D eigenvalue weighted by Gasteiger charge is -2.37. The SMILES string of the molecule is CN(c1ccc(Cl)c(C#N)n1)C1CCN(c2cnccn2)CC1. The van der Waals surface area contributed by atoms with Gasteiger partial charge in [-0.25, -0.2) is 9.97 Å². The molecule has 2 aromatic heterocycles. The molecule has 0 radical (unpaired) electrons. The smallest absolute Gasteiger partial charge is 0.161 e. The van der Waals surface area contributed by atoms with Crippen molar-refractivity contribution < 1.29 is 0 Å². The first-order valence-corrected chi connectivity index (χ1v) is 7.87. The number of hydrogen-bond acceptors (Lipinski definition) is 6. The van der Waals surface area contributed by atoms with Crippen LogP contribution in [0.1, 0.15) is 18.5 Å². The fourth-order valence-corrected chi connectivity index (χ4v) is 2.98. The second-order valence-electron chi connectivity index (χ2n) is 5.50. The van der Waals surface area contributed by atoms with Crippen LogP contribution in [0.2, 0.25) is 5.02 Å². The molecular formula is C16H17ClN6. The second kappa shape index (κ2) is 6.80. The number of pyridine rings is 1. The number of piperidine rings is 1. The van der Waals surface area contributed by atoms with Crippen LogP contribution in [0, 0.1) is 11.3 Å². The maximum atomic E-state index is 9.06. The Kier molecular flexibility index (Phi) is 4.58. The molecule has 0 N–H and O–H groups in total. The number of nitrogens with zero attached hydrogens (tertiary/aromatic N) is 6. The number of hydrogen-bond donors (Lipinski definition) is 0. The molecule has 6 nitrogen and oxygen atoms in total. The van der Waals surface area contributed by atoms with Gasteiger partial charge in [-0.1, -0.05) is 11.6 Å². The van der Waals surface area contributed by atoms with Gasteiger partial charge in [0.1, 0.15) is 17.7 Å². The number of anilines is 2. The third-order valence-corrected chi connectivity index (χ3v) is 4.49. The Balaban J connectivity index is 1.67. The largest absolute Gasteiger partial charge is 0.357 e. The highest BCUT2D eigenvalue weighted by Crippen LogP contribution is 2.24. The minimum atomic E-state index is 0.271. The topological polar surface area (TPSA) is 68.9 Å². The second-order valence-corrected chi connectivity index (χ2v) is 5.91. The van der Waals surface area contributed by atoms with Crippen molar-refractivity contribution in [2.45, 2.75) is 18.9 Å². The van der Waals surface area contributed by atoms with E-state index in [2.05, 4.69) is 24.8 Å². The van der Waals surface area contributed by atoms with Gasteiger partial charge in [-0.2, -0.15) is 5.26 Å². The van der Waals surface area contributed by atoms with E-state index < -0.39 is 0 Å². The minimum Gasteiger partial charge on any atom is -0.357 e. The third-order valence-electron chi connectivity index (χ3n) is 4.18. The molecule has 1 saturated heterocycles. The zero-order chi connectivity index (χ0) is 16.2. The molecule has 118 valence electrons. The molecule has 0 aliphatic carbocycles. The minimum absolute atomic E-state index is 0.271. The molecule has 3 heterocycles. The summed E-state index contributed by atoms with van der Waals surface area (Å²) in [7, 11) is 2.01. The van der Waals surface area contributed by atoms with Gasteiger partial charge in [-0.05, 0) is 25.0 Å². The Bertz CT molecular complexity index is 706. The lowest BCUT2D eigenvalue weighted by atomic mass is 10.0. The lowest BCUT2D eigenvalue weighted by Crippen LogP contribution is -2.44. The summed E-state index contributed by atoms with van der Waals surface area (Å²) in [5.41, 5.74) is 0.271. The van der Waals surface area contributed by atoms with Crippen molar-refractivity contribution in [2.75, 3.05) is 29.9 Å². The Labute approximate surface area is 140 Å². The van der Waals surface area contributed by atoms with E-state index in [4.69, 9.17) is 16.9 Å². The average Bonchev–Trinajstić information content (AvgIpc) is 2.62. The Morgan fingerprint density at radius 3 is 2.74 bits per heavy atom. The number of rotatable bonds is 3. The van der Waals surface area contributed by atoms with Gasteiger partial charge in [0.15, 0.2) is 5.69 Å². The molecule has 1 fully saturated rings. The molecule has 2 aromatic rings. The predicted octanol–water partition coefficient (Wildman–Crippen LogP) is 2.50. The molecule has 1 aliphatic heterocycles. The fraction of sp³-hybridized carbons (Fsp3) is 0.375. The number of halogens is 1. The maximum absolute atomic E-state index is 9.06. The van der Waals surface area contributed by atoms with Gasteiger partial charge in [0, 0.05) is 38.6 Å². The summed E-state index contributed by atoms with van der Waals surface area (Å²) >= 11 is 5.95. The van der Waals surface area contributed by atoms with Crippen molar-refractivity contribution in [1.82, 2.24) is 15.0 Å². The zero-order valence-electron chi connectivity index (χ0n) is 12.9. The van der Waals surface area contributed by atoms with Crippen molar-refractivity contribution >= 4 is 23.2 Å². The van der Waals surface area contributed by atoms with Crippen molar-refractivity contribution in [2.24, 2.45) is 0 Å². The van der Waals surface area contributed by atoms with Crippen LogP contribution in [-0.4, -0.2) is 41.1 Å². The lowest BCUT2D eigenvalue weighted by molar-refractivity contribution is 0.477. The molecule has 23 heavy (non-hydrogen) atoms. The highest BCUT2D eigenvalue weighted by atomic mass is 35.5. The zero-order valence-corrected chi connectivity index (χ0v) is 13.6. The first kappa shape index (κ1) is 15.5. The number of nitriles is 1. The van der Waals surface area contributed by atoms with Crippen LogP contribution in [0.4, 0.5) is 11.6 Å². The van der Waals surface area contributed by atoms with E-state index in [0.29, 0.717) is 11.1 Å². The summed E-state index contributed by atoms with van der Waals surface area (Å²) in [5, 5.41) is 9.45. The summed E-state index contributed by atoms with van der Waals surface area (Å²) in [6.07, 6.45) is 7.19. The quantitative estimate of drug-likeness (QED) is 0.862. The van der Waals surface area contributed by atoms with Gasteiger partial charge >= 0.3 is 0 Å². The first-order valence-electron chi connectivity index (χ1n) is 7.49. The summed E-state index contributed by atoms with van der Waals surface area (Å²) in [5.74, 6) is 1.70. The van der Waals surface area contributed by atoms with Gasteiger partial charge in [-0.15, -0.1) is 0 Å². The summed E-state index contributed by atoms with van der Waals surface area (Å²) < 4.78 is 0. The Morgan fingerprint density at radius 2 is 2.09 bits per heavy atom. The molecule has 7 heteroatoms. The molecule has 1 aliphatic rings. The van der Waals surface area contributed by atoms with Crippen LogP contribution in [0.3, 0.4) is 0 Å². The van der Waals surface area contributed by atoms with E-state index in [0.717, 1.165) is 37.6 Å². The maximum Gasteiger partial charge on any atom is 0.161 e.